The molecule has 4 amide bonds. The third-order valence-electron chi connectivity index (χ3n) is 7.28. The third kappa shape index (κ3) is 3.74. The van der Waals surface area contributed by atoms with Gasteiger partial charge in [-0.25, -0.2) is 4.79 Å². The fourth-order valence-corrected chi connectivity index (χ4v) is 5.64. The number of urea groups is 1. The van der Waals surface area contributed by atoms with Crippen molar-refractivity contribution in [3.05, 3.63) is 69.8 Å². The topological polar surface area (TPSA) is 116 Å². The molecule has 0 radical (unpaired) electrons. The average Bonchev–Trinajstić information content (AvgIpc) is 2.85. The Morgan fingerprint density at radius 1 is 1.11 bits per heavy atom. The zero-order valence-electron chi connectivity index (χ0n) is 19.5. The van der Waals surface area contributed by atoms with Gasteiger partial charge in [0, 0.05) is 57.0 Å². The van der Waals surface area contributed by atoms with Crippen molar-refractivity contribution in [3.8, 4) is 0 Å². The van der Waals surface area contributed by atoms with Crippen LogP contribution in [0.4, 0.5) is 16.2 Å². The molecule has 0 unspecified atom stereocenters. The highest BCUT2D eigenvalue weighted by atomic mass is 16.6. The number of imide groups is 2. The summed E-state index contributed by atoms with van der Waals surface area (Å²) < 4.78 is 0. The number of nitrogens with zero attached hydrogens (tertiary/aromatic N) is 4. The molecule has 3 heterocycles. The van der Waals surface area contributed by atoms with E-state index in [0.717, 1.165) is 16.2 Å². The first-order chi connectivity index (χ1) is 16.8. The first kappa shape index (κ1) is 23.0. The minimum absolute atomic E-state index is 0.00250. The van der Waals surface area contributed by atoms with Crippen molar-refractivity contribution < 1.29 is 19.3 Å². The van der Waals surface area contributed by atoms with Crippen LogP contribution >= 0.6 is 0 Å². The van der Waals surface area contributed by atoms with Gasteiger partial charge < -0.3 is 4.90 Å². The number of piperazine rings is 1. The number of nitro groups is 1. The van der Waals surface area contributed by atoms with Crippen LogP contribution in [0.3, 0.4) is 0 Å². The molecule has 0 aromatic heterocycles. The van der Waals surface area contributed by atoms with E-state index >= 15 is 0 Å². The van der Waals surface area contributed by atoms with E-state index in [1.807, 2.05) is 42.2 Å². The molecule has 0 aliphatic carbocycles. The number of benzene rings is 2. The number of nitro benzene ring substituents is 1. The lowest BCUT2D eigenvalue weighted by molar-refractivity contribution is -0.384. The van der Waals surface area contributed by atoms with Gasteiger partial charge in [0.1, 0.15) is 0 Å². The van der Waals surface area contributed by atoms with Crippen molar-refractivity contribution in [2.45, 2.75) is 32.4 Å². The summed E-state index contributed by atoms with van der Waals surface area (Å²) in [6.45, 7) is 4.41. The van der Waals surface area contributed by atoms with Gasteiger partial charge in [-0.15, -0.1) is 0 Å². The molecule has 2 aromatic carbocycles. The Morgan fingerprint density at radius 2 is 1.89 bits per heavy atom. The highest BCUT2D eigenvalue weighted by Gasteiger charge is 2.62. The van der Waals surface area contributed by atoms with Gasteiger partial charge in [0.15, 0.2) is 5.41 Å². The number of carbonyl (C=O) groups excluding carboxylic acids is 3. The normalized spacial score (nSPS) is 24.3. The molecular formula is C25H27N5O5. The molecule has 1 N–H and O–H groups in total. The van der Waals surface area contributed by atoms with Gasteiger partial charge in [-0.2, -0.15) is 0 Å². The Morgan fingerprint density at radius 3 is 2.60 bits per heavy atom. The molecule has 2 saturated heterocycles. The van der Waals surface area contributed by atoms with Crippen LogP contribution in [0.2, 0.25) is 0 Å². The fraction of sp³-hybridized carbons (Fsp3) is 0.400. The number of nitrogens with one attached hydrogen (secondary N) is 1. The van der Waals surface area contributed by atoms with E-state index in [1.165, 1.54) is 12.1 Å². The largest absolute Gasteiger partial charge is 0.364 e. The van der Waals surface area contributed by atoms with Gasteiger partial charge in [0.25, 0.3) is 5.69 Å². The quantitative estimate of drug-likeness (QED) is 0.399. The molecule has 35 heavy (non-hydrogen) atoms. The summed E-state index contributed by atoms with van der Waals surface area (Å²) in [5.74, 6) is -1.16. The molecule has 3 aliphatic heterocycles. The zero-order valence-corrected chi connectivity index (χ0v) is 19.5. The van der Waals surface area contributed by atoms with Crippen LogP contribution in [-0.4, -0.2) is 64.8 Å². The van der Waals surface area contributed by atoms with Gasteiger partial charge in [0.05, 0.1) is 11.0 Å². The molecule has 2 atom stereocenters. The molecule has 10 nitrogen and oxygen atoms in total. The molecule has 182 valence electrons. The zero-order chi connectivity index (χ0) is 24.7. The van der Waals surface area contributed by atoms with Crippen LogP contribution in [0.5, 0.6) is 0 Å². The first-order valence-electron chi connectivity index (χ1n) is 11.8. The molecule has 5 rings (SSSR count). The summed E-state index contributed by atoms with van der Waals surface area (Å²) in [7, 11) is 0. The fourth-order valence-electron chi connectivity index (χ4n) is 5.64. The Bertz CT molecular complexity index is 1200. The predicted molar refractivity (Wildman–Crippen MR) is 128 cm³/mol. The number of hydrogen-bond acceptors (Lipinski definition) is 7. The second-order valence-electron chi connectivity index (χ2n) is 9.36. The standard InChI is InChI=1S/C25H27N5O5/c1-2-10-29-23(32)25(22(31)26-24(29)33)14-18-13-19(30(34)35)8-9-20(18)28-12-11-27(16-21(25)28)15-17-6-4-3-5-7-17/h3-9,13,21H,2,10-12,14-16H2,1H3,(H,26,31,33)/t21-,25-/m1/s1. The number of anilines is 1. The van der Waals surface area contributed by atoms with Crippen LogP contribution in [0.15, 0.2) is 48.5 Å². The monoisotopic (exact) mass is 477 g/mol. The number of rotatable bonds is 5. The van der Waals surface area contributed by atoms with Crippen LogP contribution < -0.4 is 10.2 Å². The lowest BCUT2D eigenvalue weighted by atomic mass is 9.67. The Balaban J connectivity index is 1.59. The molecule has 3 aliphatic rings. The van der Waals surface area contributed by atoms with Crippen LogP contribution in [0.25, 0.3) is 0 Å². The van der Waals surface area contributed by atoms with Crippen molar-refractivity contribution in [1.29, 1.82) is 0 Å². The minimum Gasteiger partial charge on any atom is -0.364 e. The van der Waals surface area contributed by atoms with Crippen molar-refractivity contribution in [1.82, 2.24) is 15.1 Å². The summed E-state index contributed by atoms with van der Waals surface area (Å²) in [5.41, 5.74) is 0.848. The van der Waals surface area contributed by atoms with E-state index in [0.29, 0.717) is 38.2 Å². The van der Waals surface area contributed by atoms with E-state index in [-0.39, 0.29) is 18.7 Å². The van der Waals surface area contributed by atoms with Crippen molar-refractivity contribution in [2.75, 3.05) is 31.1 Å². The lowest BCUT2D eigenvalue weighted by Gasteiger charge is -2.55. The predicted octanol–water partition coefficient (Wildman–Crippen LogP) is 2.32. The third-order valence-corrected chi connectivity index (χ3v) is 7.28. The molecule has 2 fully saturated rings. The van der Waals surface area contributed by atoms with Gasteiger partial charge >= 0.3 is 6.03 Å². The summed E-state index contributed by atoms with van der Waals surface area (Å²) >= 11 is 0. The number of amides is 4. The summed E-state index contributed by atoms with van der Waals surface area (Å²) in [4.78, 5) is 56.3. The van der Waals surface area contributed by atoms with Crippen LogP contribution in [0.1, 0.15) is 24.5 Å². The van der Waals surface area contributed by atoms with E-state index in [4.69, 9.17) is 0 Å². The molecule has 0 bridgehead atoms. The average molecular weight is 478 g/mol. The molecular weight excluding hydrogens is 450 g/mol. The van der Waals surface area contributed by atoms with Gasteiger partial charge in [-0.05, 0) is 23.6 Å². The van der Waals surface area contributed by atoms with Gasteiger partial charge in [0.2, 0.25) is 11.8 Å². The molecule has 1 spiro atoms. The minimum atomic E-state index is -1.55. The number of barbiturate groups is 1. The smallest absolute Gasteiger partial charge is 0.330 e. The molecule has 2 aromatic rings. The maximum absolute atomic E-state index is 13.9. The first-order valence-corrected chi connectivity index (χ1v) is 11.8. The highest BCUT2D eigenvalue weighted by molar-refractivity contribution is 6.20. The SMILES string of the molecule is CCCN1C(=O)NC(=O)[C@]2(Cc3cc([N+](=O)[O-])ccc3N3CCN(Cc4ccccc4)C[C@@H]32)C1=O. The molecule has 10 heteroatoms. The Labute approximate surface area is 202 Å². The Kier molecular flexibility index (Phi) is 5.76. The van der Waals surface area contributed by atoms with Crippen molar-refractivity contribution >= 4 is 29.2 Å². The van der Waals surface area contributed by atoms with E-state index < -0.39 is 34.2 Å². The maximum atomic E-state index is 13.9. The second kappa shape index (κ2) is 8.77. The number of non-ortho nitro benzene ring substituents is 1. The van der Waals surface area contributed by atoms with E-state index in [1.54, 1.807) is 6.07 Å². The second-order valence-corrected chi connectivity index (χ2v) is 9.36. The summed E-state index contributed by atoms with van der Waals surface area (Å²) in [6.07, 6.45) is 0.558. The van der Waals surface area contributed by atoms with Crippen LogP contribution in [-0.2, 0) is 22.6 Å². The van der Waals surface area contributed by atoms with Crippen molar-refractivity contribution in [2.24, 2.45) is 5.41 Å². The van der Waals surface area contributed by atoms with E-state index in [2.05, 4.69) is 10.2 Å². The van der Waals surface area contributed by atoms with Crippen molar-refractivity contribution in [3.63, 3.8) is 0 Å². The number of fused-ring (bicyclic) bond motifs is 4. The highest BCUT2D eigenvalue weighted by Crippen LogP contribution is 2.46. The van der Waals surface area contributed by atoms with Crippen LogP contribution in [0, 0.1) is 15.5 Å². The summed E-state index contributed by atoms with van der Waals surface area (Å²) in [5, 5.41) is 13.9. The maximum Gasteiger partial charge on any atom is 0.330 e. The lowest BCUT2D eigenvalue weighted by Crippen LogP contribution is -2.75. The Hall–Kier alpha value is -3.79. The summed E-state index contributed by atoms with van der Waals surface area (Å²) in [6, 6.07) is 13.4. The molecule has 0 saturated carbocycles. The number of carbonyl (C=O) groups is 3. The van der Waals surface area contributed by atoms with Gasteiger partial charge in [-0.3, -0.25) is 34.8 Å². The van der Waals surface area contributed by atoms with E-state index in [9.17, 15) is 24.5 Å². The number of hydrogen-bond donors (Lipinski definition) is 1. The van der Waals surface area contributed by atoms with Gasteiger partial charge in [-0.1, -0.05) is 37.3 Å².